The third kappa shape index (κ3) is 5.25. The summed E-state index contributed by atoms with van der Waals surface area (Å²) in [7, 11) is -4.03. The molecular formula is C26H30FN3O5S. The number of carbonyl (C=O) groups excluding carboxylic acids is 1. The normalized spacial score (nSPS) is 18.7. The number of aryl methyl sites for hydroxylation is 1. The Balaban J connectivity index is 0.00000380. The smallest absolute Gasteiger partial charge is 0.253 e. The van der Waals surface area contributed by atoms with E-state index in [9.17, 15) is 22.7 Å². The van der Waals surface area contributed by atoms with Gasteiger partial charge in [0.05, 0.1) is 16.5 Å². The van der Waals surface area contributed by atoms with Gasteiger partial charge in [0, 0.05) is 25.3 Å². The Morgan fingerprint density at radius 2 is 1.89 bits per heavy atom. The number of fused-ring (bicyclic) bond motifs is 1. The molecule has 192 valence electrons. The van der Waals surface area contributed by atoms with Crippen molar-refractivity contribution in [2.45, 2.75) is 56.4 Å². The molecule has 0 radical (unpaired) electrons. The summed E-state index contributed by atoms with van der Waals surface area (Å²) in [6.07, 6.45) is 0.771. The Kier molecular flexibility index (Phi) is 7.12. The van der Waals surface area contributed by atoms with E-state index >= 15 is 0 Å². The average Bonchev–Trinajstić information content (AvgIpc) is 2.85. The molecule has 3 aromatic rings. The van der Waals surface area contributed by atoms with E-state index in [1.54, 1.807) is 44.2 Å². The van der Waals surface area contributed by atoms with Crippen molar-refractivity contribution in [1.82, 2.24) is 15.0 Å². The number of halogens is 1. The Hall–Kier alpha value is -3.34. The SMILES string of the molecule is CCc1ccc(S(=O)(=O)N[C@@H]2c3cc(C(=O)NCc4ccccc4F)cnc3OC(C)(C)[C@H]2O)cc1.[HH]. The van der Waals surface area contributed by atoms with Crippen molar-refractivity contribution in [3.63, 3.8) is 0 Å². The van der Waals surface area contributed by atoms with Crippen LogP contribution in [0.1, 0.15) is 55.3 Å². The summed E-state index contributed by atoms with van der Waals surface area (Å²) in [5.74, 6) is -0.879. The molecule has 4 rings (SSSR count). The number of nitrogens with one attached hydrogen (secondary N) is 2. The van der Waals surface area contributed by atoms with Gasteiger partial charge in [0.25, 0.3) is 5.91 Å². The lowest BCUT2D eigenvalue weighted by atomic mass is 9.88. The highest BCUT2D eigenvalue weighted by Gasteiger charge is 2.45. The van der Waals surface area contributed by atoms with E-state index in [0.29, 0.717) is 5.56 Å². The Bertz CT molecular complexity index is 1380. The maximum absolute atomic E-state index is 13.9. The third-order valence-corrected chi connectivity index (χ3v) is 7.64. The van der Waals surface area contributed by atoms with E-state index in [2.05, 4.69) is 15.0 Å². The van der Waals surface area contributed by atoms with Crippen molar-refractivity contribution in [3.8, 4) is 5.88 Å². The molecular weight excluding hydrogens is 485 g/mol. The lowest BCUT2D eigenvalue weighted by Gasteiger charge is -2.41. The molecule has 0 saturated carbocycles. The van der Waals surface area contributed by atoms with Crippen LogP contribution in [0.2, 0.25) is 0 Å². The van der Waals surface area contributed by atoms with E-state index in [4.69, 9.17) is 4.74 Å². The van der Waals surface area contributed by atoms with E-state index in [0.717, 1.165) is 12.0 Å². The van der Waals surface area contributed by atoms with Gasteiger partial charge in [-0.25, -0.2) is 22.5 Å². The highest BCUT2D eigenvalue weighted by atomic mass is 32.2. The molecule has 36 heavy (non-hydrogen) atoms. The first-order chi connectivity index (χ1) is 17.0. The second kappa shape index (κ2) is 9.96. The fourth-order valence-electron chi connectivity index (χ4n) is 3.97. The van der Waals surface area contributed by atoms with Gasteiger partial charge in [-0.15, -0.1) is 0 Å². The van der Waals surface area contributed by atoms with E-state index in [-0.39, 0.29) is 29.9 Å². The summed E-state index contributed by atoms with van der Waals surface area (Å²) in [6, 6.07) is 12.8. The molecule has 0 fully saturated rings. The number of amides is 1. The molecule has 1 aliphatic rings. The highest BCUT2D eigenvalue weighted by molar-refractivity contribution is 7.89. The molecule has 10 heteroatoms. The monoisotopic (exact) mass is 515 g/mol. The number of rotatable bonds is 7. The summed E-state index contributed by atoms with van der Waals surface area (Å²) in [5.41, 5.74) is 0.471. The van der Waals surface area contributed by atoms with Crippen molar-refractivity contribution in [1.29, 1.82) is 0 Å². The molecule has 0 saturated heterocycles. The quantitative estimate of drug-likeness (QED) is 0.443. The zero-order valence-electron chi connectivity index (χ0n) is 20.2. The minimum atomic E-state index is -4.03. The summed E-state index contributed by atoms with van der Waals surface area (Å²) in [6.45, 7) is 5.16. The predicted octanol–water partition coefficient (Wildman–Crippen LogP) is 3.51. The second-order valence-corrected chi connectivity index (χ2v) is 10.9. The third-order valence-electron chi connectivity index (χ3n) is 6.19. The van der Waals surface area contributed by atoms with Crippen LogP contribution in [0.25, 0.3) is 0 Å². The maximum atomic E-state index is 13.9. The fraction of sp³-hybridized carbons (Fsp3) is 0.308. The van der Waals surface area contributed by atoms with Crippen LogP contribution >= 0.6 is 0 Å². The standard InChI is InChI=1S/C26H28FN3O5S.H2/c1-4-16-9-11-19(12-10-16)36(33,34)30-22-20-13-18(15-29-25(20)35-26(2,3)23(22)31)24(32)28-14-17-7-5-6-8-21(17)27;/h5-13,15,22-23,30-31H,4,14H2,1-3H3,(H,28,32);1H/t22-,23+;/m1./s1. The Labute approximate surface area is 211 Å². The zero-order valence-corrected chi connectivity index (χ0v) is 21.0. The van der Waals surface area contributed by atoms with Crippen LogP contribution in [0, 0.1) is 5.82 Å². The van der Waals surface area contributed by atoms with Crippen LogP contribution in [0.4, 0.5) is 4.39 Å². The summed E-state index contributed by atoms with van der Waals surface area (Å²) >= 11 is 0. The van der Waals surface area contributed by atoms with Crippen LogP contribution < -0.4 is 14.8 Å². The number of nitrogens with zero attached hydrogens (tertiary/aromatic N) is 1. The van der Waals surface area contributed by atoms with Gasteiger partial charge in [-0.2, -0.15) is 0 Å². The molecule has 2 aromatic carbocycles. The number of aliphatic hydroxyl groups excluding tert-OH is 1. The molecule has 2 heterocycles. The Morgan fingerprint density at radius 1 is 1.19 bits per heavy atom. The van der Waals surface area contributed by atoms with Gasteiger partial charge in [0.15, 0.2) is 0 Å². The molecule has 1 aromatic heterocycles. The molecule has 2 atom stereocenters. The van der Waals surface area contributed by atoms with E-state index < -0.39 is 39.5 Å². The molecule has 0 unspecified atom stereocenters. The predicted molar refractivity (Wildman–Crippen MR) is 134 cm³/mol. The van der Waals surface area contributed by atoms with Gasteiger partial charge in [-0.3, -0.25) is 4.79 Å². The van der Waals surface area contributed by atoms with Crippen molar-refractivity contribution < 1.29 is 28.9 Å². The average molecular weight is 516 g/mol. The van der Waals surface area contributed by atoms with Gasteiger partial charge in [-0.05, 0) is 50.1 Å². The maximum Gasteiger partial charge on any atom is 0.253 e. The van der Waals surface area contributed by atoms with Crippen LogP contribution in [0.15, 0.2) is 65.7 Å². The first kappa shape index (κ1) is 25.7. The number of pyridine rings is 1. The number of carbonyl (C=O) groups is 1. The molecule has 0 spiro atoms. The molecule has 3 N–H and O–H groups in total. The van der Waals surface area contributed by atoms with Gasteiger partial charge < -0.3 is 15.2 Å². The van der Waals surface area contributed by atoms with Crippen LogP contribution in [0.5, 0.6) is 5.88 Å². The lowest BCUT2D eigenvalue weighted by Crippen LogP contribution is -2.53. The highest BCUT2D eigenvalue weighted by Crippen LogP contribution is 2.39. The summed E-state index contributed by atoms with van der Waals surface area (Å²) in [5, 5.41) is 13.7. The summed E-state index contributed by atoms with van der Waals surface area (Å²) < 4.78 is 48.6. The van der Waals surface area contributed by atoms with Crippen LogP contribution in [-0.2, 0) is 23.0 Å². The number of benzene rings is 2. The lowest BCUT2D eigenvalue weighted by molar-refractivity contribution is -0.0632. The van der Waals surface area contributed by atoms with Gasteiger partial charge in [-0.1, -0.05) is 37.3 Å². The van der Waals surface area contributed by atoms with E-state index in [1.165, 1.54) is 30.5 Å². The molecule has 8 nitrogen and oxygen atoms in total. The fourth-order valence-corrected chi connectivity index (χ4v) is 5.19. The molecule has 1 amide bonds. The number of hydrogen-bond acceptors (Lipinski definition) is 6. The van der Waals surface area contributed by atoms with Crippen LogP contribution in [-0.4, -0.2) is 36.1 Å². The van der Waals surface area contributed by atoms with Crippen LogP contribution in [0.3, 0.4) is 0 Å². The minimum Gasteiger partial charge on any atom is -0.469 e. The first-order valence-corrected chi connectivity index (χ1v) is 13.0. The van der Waals surface area contributed by atoms with Crippen molar-refractivity contribution in [2.75, 3.05) is 0 Å². The van der Waals surface area contributed by atoms with Crippen molar-refractivity contribution >= 4 is 15.9 Å². The van der Waals surface area contributed by atoms with Gasteiger partial charge in [0.2, 0.25) is 15.9 Å². The number of sulfonamides is 1. The summed E-state index contributed by atoms with van der Waals surface area (Å²) in [4.78, 5) is 17.0. The van der Waals surface area contributed by atoms with Crippen molar-refractivity contribution in [3.05, 3.63) is 88.9 Å². The number of aliphatic hydroxyl groups is 1. The molecule has 0 bridgehead atoms. The number of ether oxygens (including phenoxy) is 1. The Morgan fingerprint density at radius 3 is 2.56 bits per heavy atom. The second-order valence-electron chi connectivity index (χ2n) is 9.14. The van der Waals surface area contributed by atoms with E-state index in [1.807, 2.05) is 6.92 Å². The minimum absolute atomic E-state index is 0. The largest absolute Gasteiger partial charge is 0.469 e. The number of aromatic nitrogens is 1. The first-order valence-electron chi connectivity index (χ1n) is 11.5. The zero-order chi connectivity index (χ0) is 26.1. The molecule has 1 aliphatic heterocycles. The molecule has 0 aliphatic carbocycles. The topological polar surface area (TPSA) is 118 Å². The van der Waals surface area contributed by atoms with Gasteiger partial charge in [0.1, 0.15) is 17.5 Å². The van der Waals surface area contributed by atoms with Gasteiger partial charge >= 0.3 is 0 Å². The van der Waals surface area contributed by atoms with Crippen molar-refractivity contribution in [2.24, 2.45) is 0 Å². The number of hydrogen-bond donors (Lipinski definition) is 3.